The van der Waals surface area contributed by atoms with E-state index in [0.717, 1.165) is 13.0 Å². The molecule has 21 heavy (non-hydrogen) atoms. The van der Waals surface area contributed by atoms with Crippen LogP contribution in [0.4, 0.5) is 15.8 Å². The first-order valence-corrected chi connectivity index (χ1v) is 7.51. The Bertz CT molecular complexity index is 520. The number of halogens is 1. The molecule has 0 aromatic heterocycles. The van der Waals surface area contributed by atoms with Gasteiger partial charge in [-0.05, 0) is 57.4 Å². The molecule has 3 unspecified atom stereocenters. The van der Waals surface area contributed by atoms with Gasteiger partial charge in [-0.25, -0.2) is 4.39 Å². The Morgan fingerprint density at radius 1 is 1.48 bits per heavy atom. The van der Waals surface area contributed by atoms with Crippen LogP contribution < -0.4 is 11.1 Å². The molecule has 116 valence electrons. The Balaban J connectivity index is 2.05. The molecule has 1 saturated heterocycles. The fraction of sp³-hybridized carbons (Fsp3) is 0.562. The van der Waals surface area contributed by atoms with E-state index in [4.69, 9.17) is 5.73 Å². The Morgan fingerprint density at radius 3 is 2.86 bits per heavy atom. The number of hydrogen-bond donors (Lipinski definition) is 2. The van der Waals surface area contributed by atoms with Crippen LogP contribution in [0.25, 0.3) is 0 Å². The maximum absolute atomic E-state index is 13.0. The van der Waals surface area contributed by atoms with Gasteiger partial charge in [0.2, 0.25) is 5.91 Å². The van der Waals surface area contributed by atoms with Crippen LogP contribution in [0.5, 0.6) is 0 Å². The van der Waals surface area contributed by atoms with Crippen LogP contribution in [0.1, 0.15) is 33.6 Å². The summed E-state index contributed by atoms with van der Waals surface area (Å²) in [7, 11) is 0. The minimum absolute atomic E-state index is 0.103. The third kappa shape index (κ3) is 3.53. The molecule has 0 spiro atoms. The van der Waals surface area contributed by atoms with E-state index in [1.807, 2.05) is 6.92 Å². The number of nitrogens with one attached hydrogen (secondary N) is 1. The van der Waals surface area contributed by atoms with E-state index in [1.54, 1.807) is 0 Å². The highest BCUT2D eigenvalue weighted by Gasteiger charge is 2.31. The van der Waals surface area contributed by atoms with Crippen molar-refractivity contribution in [3.63, 3.8) is 0 Å². The van der Waals surface area contributed by atoms with Crippen molar-refractivity contribution >= 4 is 17.3 Å². The fourth-order valence-electron chi connectivity index (χ4n) is 2.95. The molecule has 2 rings (SSSR count). The van der Waals surface area contributed by atoms with E-state index in [1.165, 1.54) is 24.6 Å². The molecule has 1 amide bonds. The molecule has 1 fully saturated rings. The van der Waals surface area contributed by atoms with Crippen molar-refractivity contribution < 1.29 is 9.18 Å². The molecule has 1 aromatic rings. The highest BCUT2D eigenvalue weighted by molar-refractivity contribution is 5.97. The van der Waals surface area contributed by atoms with Gasteiger partial charge in [0.05, 0.1) is 17.4 Å². The number of benzene rings is 1. The molecular formula is C16H24FN3O. The number of rotatable bonds is 3. The van der Waals surface area contributed by atoms with Crippen LogP contribution >= 0.6 is 0 Å². The number of nitrogens with zero attached hydrogens (tertiary/aromatic N) is 1. The lowest BCUT2D eigenvalue weighted by atomic mass is 9.91. The quantitative estimate of drug-likeness (QED) is 0.843. The molecule has 0 saturated carbocycles. The maximum atomic E-state index is 13.0. The number of anilines is 2. The summed E-state index contributed by atoms with van der Waals surface area (Å²) in [6.45, 7) is 7.22. The monoisotopic (exact) mass is 293 g/mol. The number of amides is 1. The summed E-state index contributed by atoms with van der Waals surface area (Å²) in [4.78, 5) is 14.6. The number of nitrogen functional groups attached to an aromatic ring is 1. The SMILES string of the molecule is CC1CCCN(C(C)C(=O)Nc2ccc(F)cc2N)C1C. The summed E-state index contributed by atoms with van der Waals surface area (Å²) in [6, 6.07) is 4.16. The third-order valence-corrected chi connectivity index (χ3v) is 4.57. The minimum atomic E-state index is -0.406. The second-order valence-electron chi connectivity index (χ2n) is 5.99. The predicted molar refractivity (Wildman–Crippen MR) is 83.5 cm³/mol. The molecule has 0 radical (unpaired) electrons. The van der Waals surface area contributed by atoms with Crippen molar-refractivity contribution in [3.05, 3.63) is 24.0 Å². The van der Waals surface area contributed by atoms with Crippen molar-refractivity contribution in [3.8, 4) is 0 Å². The standard InChI is InChI=1S/C16H24FN3O/c1-10-5-4-8-20(11(10)2)12(3)16(21)19-15-7-6-13(17)9-14(15)18/h6-7,9-12H,4-5,8,18H2,1-3H3,(H,19,21). The van der Waals surface area contributed by atoms with E-state index in [-0.39, 0.29) is 17.6 Å². The average molecular weight is 293 g/mol. The summed E-state index contributed by atoms with van der Waals surface area (Å²) >= 11 is 0. The predicted octanol–water partition coefficient (Wildman–Crippen LogP) is 2.86. The molecule has 0 aliphatic carbocycles. The van der Waals surface area contributed by atoms with Gasteiger partial charge in [0, 0.05) is 6.04 Å². The number of nitrogens with two attached hydrogens (primary N) is 1. The minimum Gasteiger partial charge on any atom is -0.397 e. The topological polar surface area (TPSA) is 58.4 Å². The summed E-state index contributed by atoms with van der Waals surface area (Å²) in [5.41, 5.74) is 6.44. The lowest BCUT2D eigenvalue weighted by molar-refractivity contribution is -0.122. The van der Waals surface area contributed by atoms with Crippen LogP contribution in [0.2, 0.25) is 0 Å². The van der Waals surface area contributed by atoms with E-state index in [0.29, 0.717) is 17.6 Å². The molecule has 4 nitrogen and oxygen atoms in total. The van der Waals surface area contributed by atoms with Crippen LogP contribution in [0.15, 0.2) is 18.2 Å². The second-order valence-corrected chi connectivity index (χ2v) is 5.99. The van der Waals surface area contributed by atoms with E-state index in [9.17, 15) is 9.18 Å². The van der Waals surface area contributed by atoms with Gasteiger partial charge in [-0.3, -0.25) is 9.69 Å². The molecular weight excluding hydrogens is 269 g/mol. The number of hydrogen-bond acceptors (Lipinski definition) is 3. The van der Waals surface area contributed by atoms with Crippen LogP contribution in [0.3, 0.4) is 0 Å². The first kappa shape index (κ1) is 15.8. The van der Waals surface area contributed by atoms with Gasteiger partial charge in [-0.2, -0.15) is 0 Å². The van der Waals surface area contributed by atoms with Crippen molar-refractivity contribution in [2.45, 2.75) is 45.7 Å². The highest BCUT2D eigenvalue weighted by Crippen LogP contribution is 2.26. The second kappa shape index (κ2) is 6.43. The van der Waals surface area contributed by atoms with E-state index in [2.05, 4.69) is 24.1 Å². The molecule has 0 bridgehead atoms. The van der Waals surface area contributed by atoms with Gasteiger partial charge < -0.3 is 11.1 Å². The molecule has 3 N–H and O–H groups in total. The zero-order valence-electron chi connectivity index (χ0n) is 12.9. The summed E-state index contributed by atoms with van der Waals surface area (Å²) in [5, 5.41) is 2.80. The summed E-state index contributed by atoms with van der Waals surface area (Å²) in [6.07, 6.45) is 2.32. The van der Waals surface area contributed by atoms with Crippen LogP contribution in [-0.2, 0) is 4.79 Å². The van der Waals surface area contributed by atoms with E-state index >= 15 is 0 Å². The Labute approximate surface area is 125 Å². The van der Waals surface area contributed by atoms with Gasteiger partial charge in [0.25, 0.3) is 0 Å². The van der Waals surface area contributed by atoms with Gasteiger partial charge in [0.15, 0.2) is 0 Å². The van der Waals surface area contributed by atoms with Crippen molar-refractivity contribution in [2.75, 3.05) is 17.6 Å². The van der Waals surface area contributed by atoms with Crippen molar-refractivity contribution in [1.82, 2.24) is 4.90 Å². The molecule has 1 aliphatic rings. The molecule has 5 heteroatoms. The number of carbonyl (C=O) groups excluding carboxylic acids is 1. The molecule has 1 heterocycles. The maximum Gasteiger partial charge on any atom is 0.241 e. The number of piperidine rings is 1. The van der Waals surface area contributed by atoms with Gasteiger partial charge >= 0.3 is 0 Å². The molecule has 1 aromatic carbocycles. The Kier molecular flexibility index (Phi) is 4.83. The van der Waals surface area contributed by atoms with Gasteiger partial charge in [-0.15, -0.1) is 0 Å². The Hall–Kier alpha value is -1.62. The average Bonchev–Trinajstić information content (AvgIpc) is 2.44. The number of carbonyl (C=O) groups is 1. The lowest BCUT2D eigenvalue weighted by Crippen LogP contribution is -2.51. The zero-order chi connectivity index (χ0) is 15.6. The smallest absolute Gasteiger partial charge is 0.241 e. The normalized spacial score (nSPS) is 24.6. The van der Waals surface area contributed by atoms with Crippen LogP contribution in [-0.4, -0.2) is 29.4 Å². The summed E-state index contributed by atoms with van der Waals surface area (Å²) < 4.78 is 13.0. The highest BCUT2D eigenvalue weighted by atomic mass is 19.1. The first-order chi connectivity index (χ1) is 9.90. The molecule has 1 aliphatic heterocycles. The largest absolute Gasteiger partial charge is 0.397 e. The van der Waals surface area contributed by atoms with Crippen molar-refractivity contribution in [2.24, 2.45) is 5.92 Å². The first-order valence-electron chi connectivity index (χ1n) is 7.51. The van der Waals surface area contributed by atoms with Gasteiger partial charge in [-0.1, -0.05) is 6.92 Å². The van der Waals surface area contributed by atoms with Crippen molar-refractivity contribution in [1.29, 1.82) is 0 Å². The number of likely N-dealkylation sites (tertiary alicyclic amines) is 1. The Morgan fingerprint density at radius 2 is 2.19 bits per heavy atom. The van der Waals surface area contributed by atoms with E-state index < -0.39 is 5.82 Å². The molecule has 3 atom stereocenters. The third-order valence-electron chi connectivity index (χ3n) is 4.57. The zero-order valence-corrected chi connectivity index (χ0v) is 12.9. The fourth-order valence-corrected chi connectivity index (χ4v) is 2.95. The summed E-state index contributed by atoms with van der Waals surface area (Å²) in [5.74, 6) is 0.0798. The van der Waals surface area contributed by atoms with Crippen LogP contribution in [0, 0.1) is 11.7 Å². The van der Waals surface area contributed by atoms with Gasteiger partial charge in [0.1, 0.15) is 5.82 Å². The lowest BCUT2D eigenvalue weighted by Gasteiger charge is -2.41.